The first-order valence-electron chi connectivity index (χ1n) is 9.15. The average Bonchev–Trinajstić information content (AvgIpc) is 3.09. The van der Waals surface area contributed by atoms with Crippen molar-refractivity contribution in [2.24, 2.45) is 0 Å². The lowest BCUT2D eigenvalue weighted by Gasteiger charge is -2.09. The molecule has 0 saturated carbocycles. The van der Waals surface area contributed by atoms with Crippen LogP contribution in [0.1, 0.15) is 16.7 Å². The maximum absolute atomic E-state index is 13.4. The van der Waals surface area contributed by atoms with Gasteiger partial charge in [-0.15, -0.1) is 0 Å². The van der Waals surface area contributed by atoms with Gasteiger partial charge in [0, 0.05) is 10.6 Å². The smallest absolute Gasteiger partial charge is 0.124 e. The lowest BCUT2D eigenvalue weighted by Crippen LogP contribution is -2.05. The second-order valence-corrected chi connectivity index (χ2v) is 7.45. The molecule has 0 aliphatic carbocycles. The molecule has 4 heteroatoms. The molecule has 0 unspecified atom stereocenters. The summed E-state index contributed by atoms with van der Waals surface area (Å²) in [5.41, 5.74) is 7.27. The third-order valence-electron chi connectivity index (χ3n) is 4.81. The van der Waals surface area contributed by atoms with Crippen molar-refractivity contribution in [3.63, 3.8) is 0 Å². The molecule has 4 rings (SSSR count). The quantitative estimate of drug-likeness (QED) is 0.380. The van der Waals surface area contributed by atoms with E-state index in [2.05, 4.69) is 68.4 Å². The van der Waals surface area contributed by atoms with Gasteiger partial charge in [-0.2, -0.15) is 5.10 Å². The second kappa shape index (κ2) is 7.61. The molecule has 1 aromatic heterocycles. The Hall–Kier alpha value is -2.91. The van der Waals surface area contributed by atoms with Crippen LogP contribution in [0.3, 0.4) is 0 Å². The summed E-state index contributed by atoms with van der Waals surface area (Å²) in [5, 5.41) is 5.24. The van der Waals surface area contributed by atoms with Gasteiger partial charge in [0.1, 0.15) is 5.82 Å². The van der Waals surface area contributed by atoms with Crippen molar-refractivity contribution in [3.05, 3.63) is 100 Å². The first-order chi connectivity index (χ1) is 13.5. The third kappa shape index (κ3) is 3.85. The van der Waals surface area contributed by atoms with Gasteiger partial charge in [0.15, 0.2) is 0 Å². The summed E-state index contributed by atoms with van der Waals surface area (Å²) in [6.45, 7) is 4.60. The van der Waals surface area contributed by atoms with Gasteiger partial charge in [-0.05, 0) is 43.2 Å². The molecular weight excluding hydrogens is 371 g/mol. The zero-order chi connectivity index (χ0) is 19.7. The SMILES string of the molecule is Cc1ccc(-c2cc(-c3ccc(C)cc3)n(Cc3ccc(F)cc3Cl)n2)cc1. The molecule has 140 valence electrons. The normalized spacial score (nSPS) is 11.0. The van der Waals surface area contributed by atoms with Gasteiger partial charge in [-0.3, -0.25) is 4.68 Å². The largest absolute Gasteiger partial charge is 0.260 e. The van der Waals surface area contributed by atoms with Crippen LogP contribution in [-0.2, 0) is 6.54 Å². The van der Waals surface area contributed by atoms with Gasteiger partial charge < -0.3 is 0 Å². The van der Waals surface area contributed by atoms with Gasteiger partial charge in [0.25, 0.3) is 0 Å². The lowest BCUT2D eigenvalue weighted by molar-refractivity contribution is 0.625. The first kappa shape index (κ1) is 18.5. The molecule has 0 bridgehead atoms. The molecule has 0 spiro atoms. The predicted octanol–water partition coefficient (Wildman–Crippen LogP) is 6.67. The highest BCUT2D eigenvalue weighted by molar-refractivity contribution is 6.31. The van der Waals surface area contributed by atoms with E-state index in [4.69, 9.17) is 16.7 Å². The topological polar surface area (TPSA) is 17.8 Å². The van der Waals surface area contributed by atoms with Gasteiger partial charge in [0.05, 0.1) is 17.9 Å². The van der Waals surface area contributed by atoms with Crippen LogP contribution < -0.4 is 0 Å². The number of hydrogen-bond acceptors (Lipinski definition) is 1. The molecule has 0 fully saturated rings. The van der Waals surface area contributed by atoms with Crippen molar-refractivity contribution in [1.29, 1.82) is 0 Å². The maximum atomic E-state index is 13.4. The number of aromatic nitrogens is 2. The Morgan fingerprint density at radius 1 is 0.821 bits per heavy atom. The highest BCUT2D eigenvalue weighted by Crippen LogP contribution is 2.28. The van der Waals surface area contributed by atoms with Crippen molar-refractivity contribution in [1.82, 2.24) is 9.78 Å². The van der Waals surface area contributed by atoms with Crippen LogP contribution in [-0.4, -0.2) is 9.78 Å². The Morgan fingerprint density at radius 2 is 1.43 bits per heavy atom. The predicted molar refractivity (Wildman–Crippen MR) is 113 cm³/mol. The molecular formula is C24H20ClFN2. The van der Waals surface area contributed by atoms with E-state index in [9.17, 15) is 4.39 Å². The van der Waals surface area contributed by atoms with Crippen molar-refractivity contribution in [3.8, 4) is 22.5 Å². The van der Waals surface area contributed by atoms with Crippen LogP contribution >= 0.6 is 11.6 Å². The molecule has 0 radical (unpaired) electrons. The number of hydrogen-bond donors (Lipinski definition) is 0. The molecule has 1 heterocycles. The summed E-state index contributed by atoms with van der Waals surface area (Å²) < 4.78 is 15.3. The van der Waals surface area contributed by atoms with Crippen molar-refractivity contribution in [2.45, 2.75) is 20.4 Å². The number of rotatable bonds is 4. The minimum atomic E-state index is -0.340. The monoisotopic (exact) mass is 390 g/mol. The molecule has 0 aliphatic rings. The van der Waals surface area contributed by atoms with Crippen molar-refractivity contribution >= 4 is 11.6 Å². The van der Waals surface area contributed by atoms with Crippen LogP contribution in [0.4, 0.5) is 4.39 Å². The molecule has 3 aromatic carbocycles. The zero-order valence-electron chi connectivity index (χ0n) is 15.8. The van der Waals surface area contributed by atoms with Gasteiger partial charge in [-0.1, -0.05) is 77.3 Å². The van der Waals surface area contributed by atoms with Crippen molar-refractivity contribution < 1.29 is 4.39 Å². The van der Waals surface area contributed by atoms with Gasteiger partial charge in [0.2, 0.25) is 0 Å². The molecule has 2 nitrogen and oxygen atoms in total. The Labute approximate surface area is 169 Å². The van der Waals surface area contributed by atoms with Crippen LogP contribution in [0.25, 0.3) is 22.5 Å². The van der Waals surface area contributed by atoms with Gasteiger partial charge >= 0.3 is 0 Å². The summed E-state index contributed by atoms with van der Waals surface area (Å²) in [5.74, 6) is -0.340. The summed E-state index contributed by atoms with van der Waals surface area (Å²) in [7, 11) is 0. The van der Waals surface area contributed by atoms with Crippen LogP contribution in [0, 0.1) is 19.7 Å². The Morgan fingerprint density at radius 3 is 2.04 bits per heavy atom. The van der Waals surface area contributed by atoms with E-state index >= 15 is 0 Å². The highest BCUT2D eigenvalue weighted by Gasteiger charge is 2.13. The fourth-order valence-corrected chi connectivity index (χ4v) is 3.40. The van der Waals surface area contributed by atoms with Crippen LogP contribution in [0.5, 0.6) is 0 Å². The van der Waals surface area contributed by atoms with E-state index in [1.807, 2.05) is 4.68 Å². The summed E-state index contributed by atoms with van der Waals surface area (Å²) in [4.78, 5) is 0. The fourth-order valence-electron chi connectivity index (χ4n) is 3.17. The average molecular weight is 391 g/mol. The summed E-state index contributed by atoms with van der Waals surface area (Å²) >= 11 is 6.26. The maximum Gasteiger partial charge on any atom is 0.124 e. The Bertz CT molecular complexity index is 1110. The Balaban J connectivity index is 1.80. The first-order valence-corrected chi connectivity index (χ1v) is 9.53. The third-order valence-corrected chi connectivity index (χ3v) is 5.16. The van der Waals surface area contributed by atoms with Crippen LogP contribution in [0.15, 0.2) is 72.8 Å². The highest BCUT2D eigenvalue weighted by atomic mass is 35.5. The van der Waals surface area contributed by atoms with E-state index in [1.165, 1.54) is 23.3 Å². The number of nitrogens with zero attached hydrogens (tertiary/aromatic N) is 2. The number of aryl methyl sites for hydroxylation is 2. The van der Waals surface area contributed by atoms with E-state index in [1.54, 1.807) is 6.07 Å². The molecule has 0 atom stereocenters. The van der Waals surface area contributed by atoms with Crippen LogP contribution in [0.2, 0.25) is 5.02 Å². The van der Waals surface area contributed by atoms with E-state index in [0.29, 0.717) is 11.6 Å². The molecule has 0 N–H and O–H groups in total. The van der Waals surface area contributed by atoms with Gasteiger partial charge in [-0.25, -0.2) is 4.39 Å². The minimum absolute atomic E-state index is 0.340. The standard InChI is InChI=1S/C24H20ClFN2/c1-16-3-7-18(8-4-16)23-14-24(19-9-5-17(2)6-10-19)28(27-23)15-20-11-12-21(26)13-22(20)25/h3-14H,15H2,1-2H3. The Kier molecular flexibility index (Phi) is 5.01. The zero-order valence-corrected chi connectivity index (χ0v) is 16.5. The van der Waals surface area contributed by atoms with Crippen molar-refractivity contribution in [2.75, 3.05) is 0 Å². The number of benzene rings is 3. The lowest BCUT2D eigenvalue weighted by atomic mass is 10.1. The number of halogens is 2. The van der Waals surface area contributed by atoms with E-state index < -0.39 is 0 Å². The second-order valence-electron chi connectivity index (χ2n) is 7.04. The minimum Gasteiger partial charge on any atom is -0.260 e. The molecule has 28 heavy (non-hydrogen) atoms. The molecule has 0 amide bonds. The molecule has 0 saturated heterocycles. The van der Waals surface area contributed by atoms with E-state index in [0.717, 1.165) is 28.1 Å². The summed E-state index contributed by atoms with van der Waals surface area (Å²) in [6.07, 6.45) is 0. The molecule has 0 aliphatic heterocycles. The molecule has 4 aromatic rings. The van der Waals surface area contributed by atoms with E-state index in [-0.39, 0.29) is 5.82 Å². The fraction of sp³-hybridized carbons (Fsp3) is 0.125. The summed E-state index contributed by atoms with van der Waals surface area (Å²) in [6, 6.07) is 23.2.